The molecule has 23 heavy (non-hydrogen) atoms. The van der Waals surface area contributed by atoms with Gasteiger partial charge in [0.25, 0.3) is 0 Å². The molecule has 1 rings (SSSR count). The minimum Gasteiger partial charge on any atom is -0.466 e. The second-order valence-electron chi connectivity index (χ2n) is 3.82. The zero-order valence-corrected chi connectivity index (χ0v) is 13.7. The largest absolute Gasteiger partial charge is 0.466 e. The molecular formula is C16H24N4O3. The van der Waals surface area contributed by atoms with Gasteiger partial charge in [-0.3, -0.25) is 9.59 Å². The topological polar surface area (TPSA) is 134 Å². The van der Waals surface area contributed by atoms with Crippen LogP contribution in [0.2, 0.25) is 0 Å². The summed E-state index contributed by atoms with van der Waals surface area (Å²) in [5, 5.41) is 0. The molecule has 1 aromatic rings. The van der Waals surface area contributed by atoms with Gasteiger partial charge in [0.2, 0.25) is 5.91 Å². The van der Waals surface area contributed by atoms with E-state index < -0.39 is 0 Å². The summed E-state index contributed by atoms with van der Waals surface area (Å²) >= 11 is 0. The van der Waals surface area contributed by atoms with Crippen LogP contribution >= 0.6 is 0 Å². The van der Waals surface area contributed by atoms with Crippen LogP contribution in [0.4, 0.5) is 0 Å². The van der Waals surface area contributed by atoms with Crippen molar-refractivity contribution in [3.63, 3.8) is 0 Å². The molecule has 0 saturated carbocycles. The maximum absolute atomic E-state index is 10.4. The van der Waals surface area contributed by atoms with E-state index in [1.807, 2.05) is 6.07 Å². The number of rotatable bonds is 3. The van der Waals surface area contributed by atoms with Crippen molar-refractivity contribution in [3.05, 3.63) is 35.9 Å². The highest BCUT2D eigenvalue weighted by Gasteiger charge is 1.93. The third kappa shape index (κ3) is 19.0. The molecule has 1 amide bonds. The molecule has 0 aliphatic heterocycles. The van der Waals surface area contributed by atoms with Crippen molar-refractivity contribution in [1.82, 2.24) is 0 Å². The summed E-state index contributed by atoms with van der Waals surface area (Å²) in [6, 6.07) is 8.76. The molecule has 0 saturated heterocycles. The maximum Gasteiger partial charge on any atom is 0.302 e. The number of amides is 1. The van der Waals surface area contributed by atoms with Gasteiger partial charge in [-0.15, -0.1) is 5.92 Å². The van der Waals surface area contributed by atoms with E-state index >= 15 is 0 Å². The van der Waals surface area contributed by atoms with Crippen molar-refractivity contribution in [2.75, 3.05) is 13.2 Å². The van der Waals surface area contributed by atoms with Crippen LogP contribution in [0.1, 0.15) is 31.1 Å². The molecule has 0 heterocycles. The van der Waals surface area contributed by atoms with Crippen LogP contribution in [0.5, 0.6) is 0 Å². The Bertz CT molecular complexity index is 541. The lowest BCUT2D eigenvalue weighted by Gasteiger charge is -1.89. The van der Waals surface area contributed by atoms with Crippen LogP contribution in [0.15, 0.2) is 35.3 Å². The van der Waals surface area contributed by atoms with Crippen molar-refractivity contribution in [2.24, 2.45) is 22.2 Å². The quantitative estimate of drug-likeness (QED) is 0.325. The molecule has 126 valence electrons. The van der Waals surface area contributed by atoms with E-state index in [1.165, 1.54) is 6.92 Å². The highest BCUT2D eigenvalue weighted by atomic mass is 16.5. The number of nitrogens with two attached hydrogens (primary N) is 3. The highest BCUT2D eigenvalue weighted by molar-refractivity contribution is 5.92. The van der Waals surface area contributed by atoms with Gasteiger partial charge < -0.3 is 21.9 Å². The molecule has 0 bridgehead atoms. The van der Waals surface area contributed by atoms with E-state index in [0.717, 1.165) is 0 Å². The molecular weight excluding hydrogens is 296 g/mol. The van der Waals surface area contributed by atoms with Gasteiger partial charge in [-0.1, -0.05) is 24.1 Å². The minimum atomic E-state index is -0.379. The van der Waals surface area contributed by atoms with E-state index in [4.69, 9.17) is 17.2 Å². The Morgan fingerprint density at radius 2 is 1.74 bits per heavy atom. The first-order valence-corrected chi connectivity index (χ1v) is 6.78. The van der Waals surface area contributed by atoms with Gasteiger partial charge in [0.15, 0.2) is 5.96 Å². The minimum absolute atomic E-state index is 0.0905. The Morgan fingerprint density at radius 3 is 2.00 bits per heavy atom. The second kappa shape index (κ2) is 15.4. The molecule has 0 radical (unpaired) electrons. The van der Waals surface area contributed by atoms with E-state index in [-0.39, 0.29) is 17.8 Å². The Balaban J connectivity index is 0. The Kier molecular flexibility index (Phi) is 14.9. The summed E-state index contributed by atoms with van der Waals surface area (Å²) in [6.45, 7) is 5.79. The van der Waals surface area contributed by atoms with E-state index in [1.54, 1.807) is 38.1 Å². The summed E-state index contributed by atoms with van der Waals surface area (Å²) in [7, 11) is 0. The number of guanidine groups is 1. The molecule has 0 fully saturated rings. The number of ether oxygens (including phenoxy) is 1. The molecule has 0 atom stereocenters. The van der Waals surface area contributed by atoms with Gasteiger partial charge in [-0.25, -0.2) is 4.99 Å². The number of hydrogen-bond donors (Lipinski definition) is 3. The average Bonchev–Trinajstić information content (AvgIpc) is 2.49. The number of carbonyl (C=O) groups excluding carboxylic acids is 2. The van der Waals surface area contributed by atoms with Crippen LogP contribution in [0.3, 0.4) is 0 Å². The van der Waals surface area contributed by atoms with Gasteiger partial charge >= 0.3 is 5.97 Å². The van der Waals surface area contributed by atoms with Crippen molar-refractivity contribution in [2.45, 2.75) is 20.8 Å². The number of hydrogen-bond acceptors (Lipinski definition) is 4. The molecule has 7 nitrogen and oxygen atoms in total. The number of nitrogens with zero attached hydrogens (tertiary/aromatic N) is 1. The van der Waals surface area contributed by atoms with Crippen molar-refractivity contribution in [1.29, 1.82) is 0 Å². The van der Waals surface area contributed by atoms with Gasteiger partial charge in [0, 0.05) is 12.5 Å². The van der Waals surface area contributed by atoms with Crippen LogP contribution in [0, 0.1) is 11.8 Å². The number of carbonyl (C=O) groups is 2. The molecule has 6 N–H and O–H groups in total. The fraction of sp³-hybridized carbons (Fsp3) is 0.312. The molecule has 1 aromatic carbocycles. The lowest BCUT2D eigenvalue weighted by molar-refractivity contribution is -0.140. The Morgan fingerprint density at radius 1 is 1.17 bits per heavy atom. The molecule has 0 aliphatic carbocycles. The third-order valence-electron chi connectivity index (χ3n) is 1.92. The predicted octanol–water partition coefficient (Wildman–Crippen LogP) is 0.638. The number of esters is 1. The normalized spacial score (nSPS) is 7.78. The number of benzene rings is 1. The highest BCUT2D eigenvalue weighted by Crippen LogP contribution is 1.94. The van der Waals surface area contributed by atoms with Crippen molar-refractivity contribution < 1.29 is 14.3 Å². The van der Waals surface area contributed by atoms with E-state index in [9.17, 15) is 9.59 Å². The first kappa shape index (κ1) is 22.3. The van der Waals surface area contributed by atoms with Gasteiger partial charge in [-0.2, -0.15) is 0 Å². The summed E-state index contributed by atoms with van der Waals surface area (Å²) in [6.07, 6.45) is 0. The standard InChI is InChI=1S/C7H7NO.C5H9N3.C4H8O2/c8-7(9)6-4-2-1-3-5-6;1-2-3-4-8-5(6)7;1-3-6-4(2)5/h1-5H,(H2,8,9);4H2,1H3,(H4,6,7,8);3H2,1-2H3. The van der Waals surface area contributed by atoms with Crippen molar-refractivity contribution >= 4 is 17.8 Å². The molecule has 0 aromatic heterocycles. The summed E-state index contributed by atoms with van der Waals surface area (Å²) in [5.41, 5.74) is 15.5. The summed E-state index contributed by atoms with van der Waals surface area (Å²) in [5.74, 6) is 4.84. The SMILES string of the molecule is CC#CCN=C(N)N.CCOC(C)=O.NC(=O)c1ccccc1. The molecule has 0 unspecified atom stereocenters. The molecule has 0 spiro atoms. The summed E-state index contributed by atoms with van der Waals surface area (Å²) < 4.78 is 4.40. The first-order chi connectivity index (χ1) is 10.8. The van der Waals surface area contributed by atoms with Crippen LogP contribution in [-0.2, 0) is 9.53 Å². The maximum atomic E-state index is 10.4. The fourth-order valence-corrected chi connectivity index (χ4v) is 1.02. The average molecular weight is 320 g/mol. The zero-order chi connectivity index (χ0) is 18.1. The Hall–Kier alpha value is -3.01. The van der Waals surface area contributed by atoms with Crippen LogP contribution < -0.4 is 17.2 Å². The molecule has 0 aliphatic rings. The van der Waals surface area contributed by atoms with Crippen LogP contribution in [-0.4, -0.2) is 31.0 Å². The number of aliphatic imine (C=N–C) groups is 1. The number of primary amides is 1. The zero-order valence-electron chi connectivity index (χ0n) is 13.7. The van der Waals surface area contributed by atoms with Crippen molar-refractivity contribution in [3.8, 4) is 11.8 Å². The third-order valence-corrected chi connectivity index (χ3v) is 1.92. The van der Waals surface area contributed by atoms with E-state index in [2.05, 4.69) is 21.6 Å². The second-order valence-corrected chi connectivity index (χ2v) is 3.82. The summed E-state index contributed by atoms with van der Waals surface area (Å²) in [4.78, 5) is 23.9. The van der Waals surface area contributed by atoms with Gasteiger partial charge in [-0.05, 0) is 26.0 Å². The predicted molar refractivity (Wildman–Crippen MR) is 91.4 cm³/mol. The Labute approximate surface area is 136 Å². The van der Waals surface area contributed by atoms with E-state index in [0.29, 0.717) is 18.7 Å². The van der Waals surface area contributed by atoms with Crippen LogP contribution in [0.25, 0.3) is 0 Å². The van der Waals surface area contributed by atoms with Gasteiger partial charge in [0.05, 0.1) is 6.61 Å². The smallest absolute Gasteiger partial charge is 0.302 e. The monoisotopic (exact) mass is 320 g/mol. The fourth-order valence-electron chi connectivity index (χ4n) is 1.02. The first-order valence-electron chi connectivity index (χ1n) is 6.78. The van der Waals surface area contributed by atoms with Gasteiger partial charge in [0.1, 0.15) is 6.54 Å². The molecule has 7 heteroatoms. The lowest BCUT2D eigenvalue weighted by Crippen LogP contribution is -2.22. The lowest BCUT2D eigenvalue weighted by atomic mass is 10.2.